The SMILES string of the molecule is Cc1ccc([C@H]2[C@@H](c3ccccn3)NC(=S)N2c2ccc3c(c2)OCO3)n1-c1ccccc1. The lowest BCUT2D eigenvalue weighted by molar-refractivity contribution is 0.174. The van der Waals surface area contributed by atoms with Crippen LogP contribution in [0, 0.1) is 6.92 Å². The summed E-state index contributed by atoms with van der Waals surface area (Å²) in [6, 6.07) is 26.4. The van der Waals surface area contributed by atoms with Crippen LogP contribution in [0.1, 0.15) is 29.2 Å². The number of hydrogen-bond donors (Lipinski definition) is 1. The van der Waals surface area contributed by atoms with Crippen LogP contribution >= 0.6 is 12.2 Å². The van der Waals surface area contributed by atoms with Crippen LogP contribution in [0.5, 0.6) is 11.5 Å². The summed E-state index contributed by atoms with van der Waals surface area (Å²) in [6.07, 6.45) is 1.82. The number of aromatic nitrogens is 2. The zero-order valence-electron chi connectivity index (χ0n) is 18.0. The van der Waals surface area contributed by atoms with Gasteiger partial charge in [0, 0.05) is 35.0 Å². The fraction of sp³-hybridized carbons (Fsp3) is 0.154. The molecule has 0 saturated carbocycles. The average Bonchev–Trinajstić information content (AvgIpc) is 3.56. The van der Waals surface area contributed by atoms with Crippen molar-refractivity contribution in [3.63, 3.8) is 0 Å². The third-order valence-electron chi connectivity index (χ3n) is 6.16. The van der Waals surface area contributed by atoms with Gasteiger partial charge in [0.1, 0.15) is 6.04 Å². The van der Waals surface area contributed by atoms with Gasteiger partial charge in [0.05, 0.1) is 11.7 Å². The van der Waals surface area contributed by atoms with Crippen LogP contribution in [0.25, 0.3) is 5.69 Å². The number of aryl methyl sites for hydroxylation is 1. The van der Waals surface area contributed by atoms with Crippen molar-refractivity contribution in [2.24, 2.45) is 0 Å². The Morgan fingerprint density at radius 1 is 0.909 bits per heavy atom. The number of nitrogens with one attached hydrogen (secondary N) is 1. The molecule has 0 aliphatic carbocycles. The first-order valence-corrected chi connectivity index (χ1v) is 11.3. The van der Waals surface area contributed by atoms with Crippen molar-refractivity contribution in [1.82, 2.24) is 14.9 Å². The number of rotatable bonds is 4. The summed E-state index contributed by atoms with van der Waals surface area (Å²) in [7, 11) is 0. The molecule has 2 aliphatic heterocycles. The fourth-order valence-electron chi connectivity index (χ4n) is 4.69. The lowest BCUT2D eigenvalue weighted by Gasteiger charge is -2.29. The lowest BCUT2D eigenvalue weighted by atomic mass is 10.0. The molecule has 1 fully saturated rings. The average molecular weight is 455 g/mol. The number of benzene rings is 2. The Kier molecular flexibility index (Phi) is 4.77. The van der Waals surface area contributed by atoms with Crippen molar-refractivity contribution in [2.75, 3.05) is 11.7 Å². The van der Waals surface area contributed by atoms with Crippen molar-refractivity contribution in [2.45, 2.75) is 19.0 Å². The molecular weight excluding hydrogens is 432 g/mol. The highest BCUT2D eigenvalue weighted by atomic mass is 32.1. The monoisotopic (exact) mass is 454 g/mol. The van der Waals surface area contributed by atoms with Crippen molar-refractivity contribution < 1.29 is 9.47 Å². The number of anilines is 1. The molecule has 164 valence electrons. The Morgan fingerprint density at radius 2 is 1.73 bits per heavy atom. The fourth-order valence-corrected chi connectivity index (χ4v) is 5.03. The van der Waals surface area contributed by atoms with E-state index in [0.29, 0.717) is 5.11 Å². The van der Waals surface area contributed by atoms with Crippen molar-refractivity contribution in [3.05, 3.63) is 102 Å². The maximum absolute atomic E-state index is 5.88. The summed E-state index contributed by atoms with van der Waals surface area (Å²) in [5.74, 6) is 1.48. The first kappa shape index (κ1) is 19.8. The molecular formula is C26H22N4O2S. The van der Waals surface area contributed by atoms with Crippen molar-refractivity contribution in [1.29, 1.82) is 0 Å². The van der Waals surface area contributed by atoms with Crippen molar-refractivity contribution >= 4 is 23.0 Å². The van der Waals surface area contributed by atoms with Gasteiger partial charge in [-0.1, -0.05) is 24.3 Å². The molecule has 0 spiro atoms. The van der Waals surface area contributed by atoms with Crippen LogP contribution in [0.3, 0.4) is 0 Å². The number of pyridine rings is 1. The predicted molar refractivity (Wildman–Crippen MR) is 131 cm³/mol. The molecule has 6 nitrogen and oxygen atoms in total. The number of ether oxygens (including phenoxy) is 2. The van der Waals surface area contributed by atoms with E-state index in [1.165, 1.54) is 0 Å². The molecule has 7 heteroatoms. The second-order valence-corrected chi connectivity index (χ2v) is 8.49. The van der Waals surface area contributed by atoms with E-state index in [9.17, 15) is 0 Å². The molecule has 2 atom stereocenters. The summed E-state index contributed by atoms with van der Waals surface area (Å²) in [6.45, 7) is 2.36. The number of para-hydroxylation sites is 1. The smallest absolute Gasteiger partial charge is 0.231 e. The zero-order valence-corrected chi connectivity index (χ0v) is 18.8. The lowest BCUT2D eigenvalue weighted by Crippen LogP contribution is -2.30. The Morgan fingerprint density at radius 3 is 2.55 bits per heavy atom. The maximum Gasteiger partial charge on any atom is 0.231 e. The molecule has 1 N–H and O–H groups in total. The molecule has 6 rings (SSSR count). The molecule has 2 aromatic carbocycles. The zero-order chi connectivity index (χ0) is 22.4. The second-order valence-electron chi connectivity index (χ2n) is 8.10. The van der Waals surface area contributed by atoms with E-state index in [0.717, 1.165) is 40.0 Å². The predicted octanol–water partition coefficient (Wildman–Crippen LogP) is 5.09. The molecule has 0 bridgehead atoms. The Bertz CT molecular complexity index is 1320. The van der Waals surface area contributed by atoms with Gasteiger partial charge in [-0.05, 0) is 67.7 Å². The van der Waals surface area contributed by atoms with Gasteiger partial charge >= 0.3 is 0 Å². The third kappa shape index (κ3) is 3.32. The summed E-state index contributed by atoms with van der Waals surface area (Å²) < 4.78 is 13.5. The van der Waals surface area contributed by atoms with Gasteiger partial charge in [-0.3, -0.25) is 4.98 Å². The van der Waals surface area contributed by atoms with E-state index >= 15 is 0 Å². The molecule has 4 aromatic rings. The van der Waals surface area contributed by atoms with Gasteiger partial charge in [-0.15, -0.1) is 0 Å². The Hall–Kier alpha value is -3.84. The van der Waals surface area contributed by atoms with Crippen molar-refractivity contribution in [3.8, 4) is 17.2 Å². The summed E-state index contributed by atoms with van der Waals surface area (Å²) >= 11 is 5.88. The number of fused-ring (bicyclic) bond motifs is 1. The summed E-state index contributed by atoms with van der Waals surface area (Å²) in [5.41, 5.74) is 5.27. The van der Waals surface area contributed by atoms with Crippen LogP contribution in [0.4, 0.5) is 5.69 Å². The van der Waals surface area contributed by atoms with Crippen LogP contribution in [-0.2, 0) is 0 Å². The first-order chi connectivity index (χ1) is 16.2. The van der Waals surface area contributed by atoms with E-state index in [1.807, 2.05) is 48.7 Å². The highest BCUT2D eigenvalue weighted by Gasteiger charge is 2.42. The van der Waals surface area contributed by atoms with Crippen LogP contribution < -0.4 is 19.7 Å². The standard InChI is InChI=1S/C26H22N4O2S/c1-17-10-12-21(29(17)18-7-3-2-4-8-18)25-24(20-9-5-6-14-27-20)28-26(33)30(25)19-11-13-22-23(15-19)32-16-31-22/h2-15,24-25H,16H2,1H3,(H,28,33)/t24-,25+/m1/s1. The molecule has 1 saturated heterocycles. The van der Waals surface area contributed by atoms with Gasteiger partial charge in [-0.25, -0.2) is 0 Å². The number of thiocarbonyl (C=S) groups is 1. The highest BCUT2D eigenvalue weighted by molar-refractivity contribution is 7.80. The molecule has 2 aromatic heterocycles. The molecule has 0 amide bonds. The molecule has 0 unspecified atom stereocenters. The normalized spacial score (nSPS) is 19.1. The Labute approximate surface area is 197 Å². The van der Waals surface area contributed by atoms with Gasteiger partial charge in [0.25, 0.3) is 0 Å². The summed E-state index contributed by atoms with van der Waals surface area (Å²) in [4.78, 5) is 6.82. The topological polar surface area (TPSA) is 51.6 Å². The van der Waals surface area contributed by atoms with E-state index in [-0.39, 0.29) is 18.9 Å². The first-order valence-electron chi connectivity index (χ1n) is 10.8. The minimum atomic E-state index is -0.124. The van der Waals surface area contributed by atoms with E-state index in [4.69, 9.17) is 21.7 Å². The quantitative estimate of drug-likeness (QED) is 0.434. The molecule has 4 heterocycles. The molecule has 0 radical (unpaired) electrons. The number of hydrogen-bond acceptors (Lipinski definition) is 4. The van der Waals surface area contributed by atoms with E-state index in [2.05, 4.69) is 63.1 Å². The molecule has 33 heavy (non-hydrogen) atoms. The molecule has 2 aliphatic rings. The minimum absolute atomic E-state index is 0.123. The largest absolute Gasteiger partial charge is 0.454 e. The van der Waals surface area contributed by atoms with Gasteiger partial charge in [0.2, 0.25) is 6.79 Å². The minimum Gasteiger partial charge on any atom is -0.454 e. The number of nitrogens with zero attached hydrogens (tertiary/aromatic N) is 3. The van der Waals surface area contributed by atoms with Gasteiger partial charge in [-0.2, -0.15) is 0 Å². The maximum atomic E-state index is 5.88. The van der Waals surface area contributed by atoms with Gasteiger partial charge in [0.15, 0.2) is 16.6 Å². The second kappa shape index (κ2) is 7.94. The van der Waals surface area contributed by atoms with Crippen LogP contribution in [-0.4, -0.2) is 21.5 Å². The third-order valence-corrected chi connectivity index (χ3v) is 6.47. The summed E-state index contributed by atoms with van der Waals surface area (Å²) in [5, 5.41) is 4.18. The van der Waals surface area contributed by atoms with E-state index in [1.54, 1.807) is 0 Å². The van der Waals surface area contributed by atoms with Crippen LogP contribution in [0.15, 0.2) is 85.1 Å². The van der Waals surface area contributed by atoms with Gasteiger partial charge < -0.3 is 24.3 Å². The van der Waals surface area contributed by atoms with Crippen LogP contribution in [0.2, 0.25) is 0 Å². The Balaban J connectivity index is 1.53. The van der Waals surface area contributed by atoms with E-state index < -0.39 is 0 Å². The highest BCUT2D eigenvalue weighted by Crippen LogP contribution is 2.45.